The van der Waals surface area contributed by atoms with Gasteiger partial charge >= 0.3 is 0 Å². The van der Waals surface area contributed by atoms with Crippen molar-refractivity contribution in [2.75, 3.05) is 6.79 Å². The van der Waals surface area contributed by atoms with Gasteiger partial charge in [-0.1, -0.05) is 36.4 Å². The highest BCUT2D eigenvalue weighted by atomic mass is 19.1. The number of halogens is 1. The van der Waals surface area contributed by atoms with Crippen LogP contribution in [0.25, 0.3) is 0 Å². The summed E-state index contributed by atoms with van der Waals surface area (Å²) in [5.74, 6) is 1.57. The number of ether oxygens (including phenoxy) is 3. The molecule has 2 heterocycles. The fourth-order valence-corrected chi connectivity index (χ4v) is 3.70. The van der Waals surface area contributed by atoms with Crippen LogP contribution in [-0.4, -0.2) is 23.7 Å². The van der Waals surface area contributed by atoms with Crippen LogP contribution in [0.1, 0.15) is 17.2 Å². The first-order valence-corrected chi connectivity index (χ1v) is 9.35. The van der Waals surface area contributed by atoms with Crippen LogP contribution in [0.4, 0.5) is 4.39 Å². The Hall–Kier alpha value is -3.54. The Morgan fingerprint density at radius 2 is 1.72 bits per heavy atom. The lowest BCUT2D eigenvalue weighted by molar-refractivity contribution is -0.165. The Balaban J connectivity index is 1.42. The summed E-state index contributed by atoms with van der Waals surface area (Å²) in [4.78, 5) is 14.7. The molecule has 0 aliphatic carbocycles. The minimum absolute atomic E-state index is 0.110. The average Bonchev–Trinajstić information content (AvgIpc) is 3.22. The SMILES string of the molecule is O=C1C(Oc2ccccc2)C(c2ccc(F)cc2)N1Cc1ccc2c(c1)OCO2. The fraction of sp³-hybridized carbons (Fsp3) is 0.174. The molecule has 0 spiro atoms. The Bertz CT molecular complexity index is 1040. The summed E-state index contributed by atoms with van der Waals surface area (Å²) in [5.41, 5.74) is 1.75. The lowest BCUT2D eigenvalue weighted by Crippen LogP contribution is -2.60. The molecule has 3 aromatic rings. The second kappa shape index (κ2) is 7.13. The number of benzene rings is 3. The maximum Gasteiger partial charge on any atom is 0.267 e. The first kappa shape index (κ1) is 17.6. The molecule has 0 N–H and O–H groups in total. The molecule has 3 aromatic carbocycles. The predicted octanol–water partition coefficient (Wildman–Crippen LogP) is 4.09. The molecule has 146 valence electrons. The van der Waals surface area contributed by atoms with Gasteiger partial charge in [-0.3, -0.25) is 4.79 Å². The second-order valence-corrected chi connectivity index (χ2v) is 7.00. The molecule has 5 rings (SSSR count). The monoisotopic (exact) mass is 391 g/mol. The molecular weight excluding hydrogens is 373 g/mol. The number of β-lactam (4-membered cyclic amide) rings is 1. The molecule has 1 fully saturated rings. The number of carbonyl (C=O) groups is 1. The van der Waals surface area contributed by atoms with Gasteiger partial charge in [-0.05, 0) is 47.5 Å². The maximum absolute atomic E-state index is 13.4. The number of hydrogen-bond acceptors (Lipinski definition) is 4. The van der Waals surface area contributed by atoms with Gasteiger partial charge in [-0.15, -0.1) is 0 Å². The summed E-state index contributed by atoms with van der Waals surface area (Å²) < 4.78 is 30.2. The lowest BCUT2D eigenvalue weighted by atomic mass is 9.89. The molecule has 0 radical (unpaired) electrons. The Morgan fingerprint density at radius 3 is 2.52 bits per heavy atom. The lowest BCUT2D eigenvalue weighted by Gasteiger charge is -2.46. The third-order valence-corrected chi connectivity index (χ3v) is 5.16. The van der Waals surface area contributed by atoms with Crippen molar-refractivity contribution in [2.24, 2.45) is 0 Å². The summed E-state index contributed by atoms with van der Waals surface area (Å²) in [6, 6.07) is 20.7. The van der Waals surface area contributed by atoms with E-state index in [0.717, 1.165) is 11.1 Å². The predicted molar refractivity (Wildman–Crippen MR) is 103 cm³/mol. The standard InChI is InChI=1S/C23H18FNO4/c24-17-9-7-16(8-10-17)21-22(29-18-4-2-1-3-5-18)23(26)25(21)13-15-6-11-19-20(12-15)28-14-27-19/h1-12,21-22H,13-14H2. The van der Waals surface area contributed by atoms with Crippen LogP contribution in [0, 0.1) is 5.82 Å². The van der Waals surface area contributed by atoms with E-state index in [1.54, 1.807) is 17.0 Å². The van der Waals surface area contributed by atoms with E-state index in [9.17, 15) is 9.18 Å². The zero-order chi connectivity index (χ0) is 19.8. The average molecular weight is 391 g/mol. The zero-order valence-corrected chi connectivity index (χ0v) is 15.5. The normalized spacial score (nSPS) is 19.8. The fourth-order valence-electron chi connectivity index (χ4n) is 3.70. The second-order valence-electron chi connectivity index (χ2n) is 7.00. The van der Waals surface area contributed by atoms with Crippen LogP contribution in [-0.2, 0) is 11.3 Å². The van der Waals surface area contributed by atoms with Crippen molar-refractivity contribution in [3.05, 3.63) is 89.7 Å². The van der Waals surface area contributed by atoms with Crippen molar-refractivity contribution in [1.29, 1.82) is 0 Å². The largest absolute Gasteiger partial charge is 0.478 e. The summed E-state index contributed by atoms with van der Waals surface area (Å²) in [5, 5.41) is 0. The van der Waals surface area contributed by atoms with Gasteiger partial charge in [0.05, 0.1) is 0 Å². The van der Waals surface area contributed by atoms with Crippen LogP contribution in [0.3, 0.4) is 0 Å². The topological polar surface area (TPSA) is 48.0 Å². The highest BCUT2D eigenvalue weighted by Crippen LogP contribution is 2.40. The highest BCUT2D eigenvalue weighted by Gasteiger charge is 2.50. The Morgan fingerprint density at radius 1 is 0.966 bits per heavy atom. The number of carbonyl (C=O) groups excluding carboxylic acids is 1. The highest BCUT2D eigenvalue weighted by molar-refractivity contribution is 5.89. The third-order valence-electron chi connectivity index (χ3n) is 5.16. The summed E-state index contributed by atoms with van der Waals surface area (Å²) in [6.45, 7) is 0.596. The third kappa shape index (κ3) is 3.27. The quantitative estimate of drug-likeness (QED) is 0.615. The molecule has 0 bridgehead atoms. The molecule has 2 aliphatic rings. The zero-order valence-electron chi connectivity index (χ0n) is 15.5. The van der Waals surface area contributed by atoms with Crippen LogP contribution < -0.4 is 14.2 Å². The summed E-state index contributed by atoms with van der Waals surface area (Å²) in [7, 11) is 0. The number of rotatable bonds is 5. The van der Waals surface area contributed by atoms with Gasteiger partial charge in [-0.25, -0.2) is 4.39 Å². The smallest absolute Gasteiger partial charge is 0.267 e. The van der Waals surface area contributed by atoms with Crippen molar-refractivity contribution < 1.29 is 23.4 Å². The van der Waals surface area contributed by atoms with Gasteiger partial charge in [0, 0.05) is 6.54 Å². The number of amides is 1. The van der Waals surface area contributed by atoms with E-state index < -0.39 is 6.10 Å². The van der Waals surface area contributed by atoms with Gasteiger partial charge in [0.15, 0.2) is 11.5 Å². The van der Waals surface area contributed by atoms with Crippen molar-refractivity contribution in [3.8, 4) is 17.2 Å². The molecule has 6 heteroatoms. The number of nitrogens with zero attached hydrogens (tertiary/aromatic N) is 1. The summed E-state index contributed by atoms with van der Waals surface area (Å²) >= 11 is 0. The molecular formula is C23H18FNO4. The molecule has 5 nitrogen and oxygen atoms in total. The van der Waals surface area contributed by atoms with E-state index in [1.807, 2.05) is 48.5 Å². The Kier molecular flexibility index (Phi) is 4.31. The van der Waals surface area contributed by atoms with E-state index in [-0.39, 0.29) is 24.6 Å². The number of fused-ring (bicyclic) bond motifs is 1. The molecule has 1 amide bonds. The van der Waals surface area contributed by atoms with E-state index in [2.05, 4.69) is 0 Å². The number of hydrogen-bond donors (Lipinski definition) is 0. The van der Waals surface area contributed by atoms with E-state index in [0.29, 0.717) is 23.8 Å². The van der Waals surface area contributed by atoms with E-state index in [1.165, 1.54) is 12.1 Å². The number of para-hydroxylation sites is 1. The molecule has 1 saturated heterocycles. The first-order valence-electron chi connectivity index (χ1n) is 9.35. The molecule has 29 heavy (non-hydrogen) atoms. The Labute approximate surface area is 167 Å². The number of likely N-dealkylation sites (tertiary alicyclic amines) is 1. The van der Waals surface area contributed by atoms with Gasteiger partial charge < -0.3 is 19.1 Å². The first-order chi connectivity index (χ1) is 14.2. The summed E-state index contributed by atoms with van der Waals surface area (Å²) in [6.07, 6.45) is -0.656. The molecule has 2 aliphatic heterocycles. The molecule has 0 saturated carbocycles. The molecule has 2 atom stereocenters. The van der Waals surface area contributed by atoms with Crippen molar-refractivity contribution in [2.45, 2.75) is 18.7 Å². The minimum atomic E-state index is -0.656. The van der Waals surface area contributed by atoms with Gasteiger partial charge in [0.25, 0.3) is 5.91 Å². The van der Waals surface area contributed by atoms with Crippen LogP contribution in [0.2, 0.25) is 0 Å². The molecule has 0 aromatic heterocycles. The van der Waals surface area contributed by atoms with Gasteiger partial charge in [-0.2, -0.15) is 0 Å². The van der Waals surface area contributed by atoms with E-state index >= 15 is 0 Å². The molecule has 2 unspecified atom stereocenters. The van der Waals surface area contributed by atoms with Crippen LogP contribution in [0.5, 0.6) is 17.2 Å². The van der Waals surface area contributed by atoms with Crippen LogP contribution in [0.15, 0.2) is 72.8 Å². The van der Waals surface area contributed by atoms with Crippen molar-refractivity contribution >= 4 is 5.91 Å². The maximum atomic E-state index is 13.4. The minimum Gasteiger partial charge on any atom is -0.478 e. The van der Waals surface area contributed by atoms with Crippen LogP contribution >= 0.6 is 0 Å². The van der Waals surface area contributed by atoms with Crippen molar-refractivity contribution in [1.82, 2.24) is 4.90 Å². The van der Waals surface area contributed by atoms with E-state index in [4.69, 9.17) is 14.2 Å². The van der Waals surface area contributed by atoms with Gasteiger partial charge in [0.2, 0.25) is 12.9 Å². The van der Waals surface area contributed by atoms with Gasteiger partial charge in [0.1, 0.15) is 17.6 Å². The van der Waals surface area contributed by atoms with Crippen molar-refractivity contribution in [3.63, 3.8) is 0 Å².